The van der Waals surface area contributed by atoms with Gasteiger partial charge in [0.2, 0.25) is 0 Å². The zero-order valence-corrected chi connectivity index (χ0v) is 8.57. The molecule has 0 aromatic carbocycles. The Hall–Kier alpha value is -0.420. The molecule has 0 radical (unpaired) electrons. The summed E-state index contributed by atoms with van der Waals surface area (Å²) in [5.41, 5.74) is -0.104. The molecule has 0 saturated carbocycles. The largest absolute Gasteiger partial charge is 0.327 e. The molecule has 1 heterocycles. The quantitative estimate of drug-likeness (QED) is 0.632. The van der Waals surface area contributed by atoms with Gasteiger partial charge in [-0.3, -0.25) is 9.36 Å². The molecule has 0 aliphatic carbocycles. The maximum atomic E-state index is 11.2. The Morgan fingerprint density at radius 3 is 2.64 bits per heavy atom. The summed E-state index contributed by atoms with van der Waals surface area (Å²) < 4.78 is 4.16. The number of hydrogen-bond acceptors (Lipinski definition) is 2. The maximum Gasteiger partial charge on any atom is 0.268 e. The number of hydrogen-bond donors (Lipinski definition) is 0. The zero-order valence-electron chi connectivity index (χ0n) is 6.17. The van der Waals surface area contributed by atoms with Crippen molar-refractivity contribution >= 4 is 28.1 Å². The standard InChI is InChI=1S/C6H7BrN2OS/c1-8-3-4(7)5(10)9(2)6(8)11/h3H,1-2H3. The molecule has 0 atom stereocenters. The van der Waals surface area contributed by atoms with Gasteiger partial charge in [0.05, 0.1) is 4.47 Å². The maximum absolute atomic E-state index is 11.2. The van der Waals surface area contributed by atoms with Crippen LogP contribution >= 0.6 is 28.1 Å². The molecule has 0 N–H and O–H groups in total. The van der Waals surface area contributed by atoms with E-state index in [1.807, 2.05) is 0 Å². The van der Waals surface area contributed by atoms with Crippen molar-refractivity contribution in [3.05, 3.63) is 25.8 Å². The second-order valence-corrected chi connectivity index (χ2v) is 3.45. The predicted octanol–water partition coefficient (Wildman–Crippen LogP) is 1.22. The van der Waals surface area contributed by atoms with Crippen molar-refractivity contribution in [1.29, 1.82) is 0 Å². The molecule has 0 saturated heterocycles. The zero-order chi connectivity index (χ0) is 8.59. The Bertz CT molecular complexity index is 358. The first-order chi connectivity index (χ1) is 5.04. The monoisotopic (exact) mass is 234 g/mol. The molecule has 1 rings (SSSR count). The normalized spacial score (nSPS) is 10.1. The number of halogens is 1. The third kappa shape index (κ3) is 1.44. The van der Waals surface area contributed by atoms with Gasteiger partial charge in [-0.15, -0.1) is 0 Å². The third-order valence-electron chi connectivity index (χ3n) is 1.40. The molecule has 0 unspecified atom stereocenters. The van der Waals surface area contributed by atoms with Gasteiger partial charge in [-0.05, 0) is 28.1 Å². The fourth-order valence-electron chi connectivity index (χ4n) is 0.764. The van der Waals surface area contributed by atoms with Crippen LogP contribution in [-0.2, 0) is 14.1 Å². The van der Waals surface area contributed by atoms with E-state index in [9.17, 15) is 4.79 Å². The molecule has 0 bridgehead atoms. The van der Waals surface area contributed by atoms with Crippen molar-refractivity contribution in [2.45, 2.75) is 0 Å². The van der Waals surface area contributed by atoms with Gasteiger partial charge in [0, 0.05) is 20.3 Å². The summed E-state index contributed by atoms with van der Waals surface area (Å²) in [5, 5.41) is 0. The minimum absolute atomic E-state index is 0.104. The van der Waals surface area contributed by atoms with Crippen molar-refractivity contribution in [1.82, 2.24) is 9.13 Å². The molecule has 60 valence electrons. The molecule has 5 heteroatoms. The van der Waals surface area contributed by atoms with Crippen LogP contribution in [0.1, 0.15) is 0 Å². The van der Waals surface area contributed by atoms with Gasteiger partial charge in [-0.1, -0.05) is 0 Å². The number of nitrogens with zero attached hydrogens (tertiary/aromatic N) is 2. The molecule has 1 aromatic heterocycles. The minimum Gasteiger partial charge on any atom is -0.327 e. The molecule has 0 spiro atoms. The fraction of sp³-hybridized carbons (Fsp3) is 0.333. The summed E-state index contributed by atoms with van der Waals surface area (Å²) >= 11 is 8.08. The second kappa shape index (κ2) is 2.91. The first-order valence-electron chi connectivity index (χ1n) is 2.96. The van der Waals surface area contributed by atoms with Crippen LogP contribution in [0.25, 0.3) is 0 Å². The van der Waals surface area contributed by atoms with Crippen LogP contribution in [-0.4, -0.2) is 9.13 Å². The fourth-order valence-corrected chi connectivity index (χ4v) is 1.47. The predicted molar refractivity (Wildman–Crippen MR) is 49.2 cm³/mol. The summed E-state index contributed by atoms with van der Waals surface area (Å²) in [6.07, 6.45) is 1.66. The van der Waals surface area contributed by atoms with E-state index in [-0.39, 0.29) is 5.56 Å². The molecular formula is C6H7BrN2OS. The molecule has 0 aliphatic heterocycles. The SMILES string of the molecule is Cn1cc(Br)c(=O)n(C)c1=S. The lowest BCUT2D eigenvalue weighted by Gasteiger charge is -2.03. The van der Waals surface area contributed by atoms with Gasteiger partial charge in [0.1, 0.15) is 0 Å². The van der Waals surface area contributed by atoms with Gasteiger partial charge >= 0.3 is 0 Å². The van der Waals surface area contributed by atoms with Crippen molar-refractivity contribution in [2.24, 2.45) is 14.1 Å². The van der Waals surface area contributed by atoms with Gasteiger partial charge in [-0.2, -0.15) is 0 Å². The lowest BCUT2D eigenvalue weighted by atomic mass is 10.6. The number of aromatic nitrogens is 2. The van der Waals surface area contributed by atoms with E-state index in [0.29, 0.717) is 9.24 Å². The summed E-state index contributed by atoms with van der Waals surface area (Å²) in [6, 6.07) is 0. The number of aryl methyl sites for hydroxylation is 1. The van der Waals surface area contributed by atoms with E-state index in [0.717, 1.165) is 0 Å². The van der Waals surface area contributed by atoms with Crippen LogP contribution in [0.3, 0.4) is 0 Å². The highest BCUT2D eigenvalue weighted by Gasteiger charge is 1.99. The minimum atomic E-state index is -0.104. The lowest BCUT2D eigenvalue weighted by molar-refractivity contribution is 0.711. The summed E-state index contributed by atoms with van der Waals surface area (Å²) in [4.78, 5) is 11.2. The van der Waals surface area contributed by atoms with Gasteiger partial charge < -0.3 is 4.57 Å². The third-order valence-corrected chi connectivity index (χ3v) is 2.51. The van der Waals surface area contributed by atoms with Crippen LogP contribution in [0.15, 0.2) is 15.5 Å². The van der Waals surface area contributed by atoms with Crippen LogP contribution in [0.2, 0.25) is 0 Å². The Balaban J connectivity index is 3.74. The van der Waals surface area contributed by atoms with Crippen LogP contribution in [0.5, 0.6) is 0 Å². The first-order valence-corrected chi connectivity index (χ1v) is 4.16. The van der Waals surface area contributed by atoms with Crippen molar-refractivity contribution in [3.8, 4) is 0 Å². The lowest BCUT2D eigenvalue weighted by Crippen LogP contribution is -2.21. The molecule has 0 amide bonds. The average molecular weight is 235 g/mol. The van der Waals surface area contributed by atoms with E-state index in [2.05, 4.69) is 15.9 Å². The van der Waals surface area contributed by atoms with Gasteiger partial charge in [0.25, 0.3) is 5.56 Å². The van der Waals surface area contributed by atoms with E-state index in [1.165, 1.54) is 4.57 Å². The van der Waals surface area contributed by atoms with Crippen molar-refractivity contribution in [2.75, 3.05) is 0 Å². The van der Waals surface area contributed by atoms with E-state index in [1.54, 1.807) is 24.9 Å². The summed E-state index contributed by atoms with van der Waals surface area (Å²) in [5.74, 6) is 0. The van der Waals surface area contributed by atoms with Crippen LogP contribution in [0.4, 0.5) is 0 Å². The Morgan fingerprint density at radius 1 is 1.55 bits per heavy atom. The van der Waals surface area contributed by atoms with E-state index in [4.69, 9.17) is 12.2 Å². The Labute approximate surface area is 77.4 Å². The van der Waals surface area contributed by atoms with Gasteiger partial charge in [-0.25, -0.2) is 0 Å². The van der Waals surface area contributed by atoms with E-state index >= 15 is 0 Å². The topological polar surface area (TPSA) is 26.9 Å². The average Bonchev–Trinajstić information content (AvgIpc) is 1.97. The summed E-state index contributed by atoms with van der Waals surface area (Å²) in [7, 11) is 3.45. The Morgan fingerprint density at radius 2 is 2.09 bits per heavy atom. The van der Waals surface area contributed by atoms with Crippen LogP contribution < -0.4 is 5.56 Å². The molecule has 0 fully saturated rings. The molecular weight excluding hydrogens is 228 g/mol. The molecule has 1 aromatic rings. The van der Waals surface area contributed by atoms with E-state index < -0.39 is 0 Å². The number of rotatable bonds is 0. The smallest absolute Gasteiger partial charge is 0.268 e. The van der Waals surface area contributed by atoms with Crippen molar-refractivity contribution in [3.63, 3.8) is 0 Å². The molecule has 3 nitrogen and oxygen atoms in total. The van der Waals surface area contributed by atoms with Crippen molar-refractivity contribution < 1.29 is 0 Å². The highest BCUT2D eigenvalue weighted by Crippen LogP contribution is 2.00. The highest BCUT2D eigenvalue weighted by molar-refractivity contribution is 9.10. The summed E-state index contributed by atoms with van der Waals surface area (Å²) in [6.45, 7) is 0. The van der Waals surface area contributed by atoms with Gasteiger partial charge in [0.15, 0.2) is 4.77 Å². The highest BCUT2D eigenvalue weighted by atomic mass is 79.9. The van der Waals surface area contributed by atoms with Crippen LogP contribution in [0, 0.1) is 4.77 Å². The molecule has 0 aliphatic rings. The first kappa shape index (κ1) is 8.67. The Kier molecular flexibility index (Phi) is 2.29. The molecule has 11 heavy (non-hydrogen) atoms. The second-order valence-electron chi connectivity index (χ2n) is 2.23.